The van der Waals surface area contributed by atoms with Crippen molar-refractivity contribution < 1.29 is 9.59 Å². The average Bonchev–Trinajstić information content (AvgIpc) is 3.08. The van der Waals surface area contributed by atoms with Crippen LogP contribution in [0.3, 0.4) is 0 Å². The van der Waals surface area contributed by atoms with Crippen molar-refractivity contribution in [2.24, 2.45) is 5.92 Å². The van der Waals surface area contributed by atoms with Crippen LogP contribution in [0.5, 0.6) is 0 Å². The van der Waals surface area contributed by atoms with E-state index in [-0.39, 0.29) is 17.7 Å². The van der Waals surface area contributed by atoms with E-state index in [4.69, 9.17) is 0 Å². The van der Waals surface area contributed by atoms with Gasteiger partial charge in [0.15, 0.2) is 0 Å². The third-order valence-corrected chi connectivity index (χ3v) is 4.94. The van der Waals surface area contributed by atoms with Crippen molar-refractivity contribution in [1.29, 1.82) is 0 Å². The van der Waals surface area contributed by atoms with Crippen LogP contribution in [0.1, 0.15) is 53.4 Å². The largest absolute Gasteiger partial charge is 0.369 e. The topological polar surface area (TPSA) is 61.4 Å². The summed E-state index contributed by atoms with van der Waals surface area (Å²) in [5, 5.41) is 5.80. The molecule has 1 atom stereocenters. The lowest BCUT2D eigenvalue weighted by Gasteiger charge is -2.28. The Morgan fingerprint density at radius 1 is 1.16 bits per heavy atom. The van der Waals surface area contributed by atoms with E-state index in [2.05, 4.69) is 36.3 Å². The number of carbonyl (C=O) groups excluding carboxylic acids is 2. The van der Waals surface area contributed by atoms with E-state index in [1.165, 1.54) is 6.92 Å². The van der Waals surface area contributed by atoms with Gasteiger partial charge in [0.25, 0.3) is 0 Å². The molecule has 1 aliphatic rings. The summed E-state index contributed by atoms with van der Waals surface area (Å²) in [6, 6.07) is 7.90. The lowest BCUT2D eigenvalue weighted by Crippen LogP contribution is -2.47. The van der Waals surface area contributed by atoms with E-state index in [0.29, 0.717) is 6.04 Å². The molecule has 0 aliphatic heterocycles. The molecule has 0 radical (unpaired) electrons. The van der Waals surface area contributed by atoms with Crippen molar-refractivity contribution in [3.63, 3.8) is 0 Å². The zero-order valence-electron chi connectivity index (χ0n) is 15.8. The Morgan fingerprint density at radius 3 is 2.24 bits per heavy atom. The van der Waals surface area contributed by atoms with Crippen LogP contribution < -0.4 is 15.5 Å². The predicted molar refractivity (Wildman–Crippen MR) is 103 cm³/mol. The first-order valence-corrected chi connectivity index (χ1v) is 9.37. The molecule has 2 amide bonds. The lowest BCUT2D eigenvalue weighted by molar-refractivity contribution is -0.126. The molecule has 2 rings (SSSR count). The molecular formula is C20H31N3O2. The minimum Gasteiger partial charge on any atom is -0.369 e. The summed E-state index contributed by atoms with van der Waals surface area (Å²) in [4.78, 5) is 26.5. The summed E-state index contributed by atoms with van der Waals surface area (Å²) in [5.74, 6) is -0.0383. The highest BCUT2D eigenvalue weighted by Gasteiger charge is 2.31. The van der Waals surface area contributed by atoms with Crippen LogP contribution in [0.4, 0.5) is 11.4 Å². The fraction of sp³-hybridized carbons (Fsp3) is 0.600. The molecule has 1 unspecified atom stereocenters. The van der Waals surface area contributed by atoms with E-state index >= 15 is 0 Å². The average molecular weight is 345 g/mol. The first-order chi connectivity index (χ1) is 11.9. The van der Waals surface area contributed by atoms with Gasteiger partial charge in [-0.1, -0.05) is 12.8 Å². The number of carbonyl (C=O) groups is 2. The molecular weight excluding hydrogens is 314 g/mol. The van der Waals surface area contributed by atoms with Gasteiger partial charge in [-0.2, -0.15) is 0 Å². The SMILES string of the molecule is CCN(c1ccc(NC(=O)C(NC(C)=O)C2CCCC2)cc1)C(C)C. The van der Waals surface area contributed by atoms with Crippen LogP contribution in [0.15, 0.2) is 24.3 Å². The van der Waals surface area contributed by atoms with Crippen molar-refractivity contribution in [3.8, 4) is 0 Å². The third kappa shape index (κ3) is 5.21. The molecule has 1 aromatic carbocycles. The molecule has 1 aromatic rings. The van der Waals surface area contributed by atoms with Crippen molar-refractivity contribution in [1.82, 2.24) is 5.32 Å². The van der Waals surface area contributed by atoms with Crippen LogP contribution >= 0.6 is 0 Å². The Morgan fingerprint density at radius 2 is 1.76 bits per heavy atom. The van der Waals surface area contributed by atoms with Gasteiger partial charge in [0, 0.05) is 30.9 Å². The van der Waals surface area contributed by atoms with Crippen LogP contribution in [0.25, 0.3) is 0 Å². The second-order valence-corrected chi connectivity index (χ2v) is 7.14. The number of nitrogens with one attached hydrogen (secondary N) is 2. The number of hydrogen-bond acceptors (Lipinski definition) is 3. The van der Waals surface area contributed by atoms with Gasteiger partial charge in [0.1, 0.15) is 6.04 Å². The maximum absolute atomic E-state index is 12.7. The molecule has 1 saturated carbocycles. The van der Waals surface area contributed by atoms with Gasteiger partial charge in [-0.25, -0.2) is 0 Å². The van der Waals surface area contributed by atoms with Crippen molar-refractivity contribution in [2.45, 2.75) is 65.5 Å². The van der Waals surface area contributed by atoms with E-state index in [1.54, 1.807) is 0 Å². The van der Waals surface area contributed by atoms with Crippen molar-refractivity contribution >= 4 is 23.2 Å². The van der Waals surface area contributed by atoms with Crippen LogP contribution in [0.2, 0.25) is 0 Å². The smallest absolute Gasteiger partial charge is 0.247 e. The molecule has 1 fully saturated rings. The van der Waals surface area contributed by atoms with Gasteiger partial charge in [-0.15, -0.1) is 0 Å². The molecule has 5 nitrogen and oxygen atoms in total. The van der Waals surface area contributed by atoms with Gasteiger partial charge < -0.3 is 15.5 Å². The summed E-state index contributed by atoms with van der Waals surface area (Å²) in [6.45, 7) is 8.87. The van der Waals surface area contributed by atoms with Gasteiger partial charge in [0.2, 0.25) is 11.8 Å². The molecule has 0 heterocycles. The highest BCUT2D eigenvalue weighted by atomic mass is 16.2. The second kappa shape index (κ2) is 8.88. The molecule has 0 spiro atoms. The van der Waals surface area contributed by atoms with Crippen molar-refractivity contribution in [3.05, 3.63) is 24.3 Å². The molecule has 0 aromatic heterocycles. The summed E-state index contributed by atoms with van der Waals surface area (Å²) in [6.07, 6.45) is 4.25. The Kier molecular flexibility index (Phi) is 6.85. The molecule has 25 heavy (non-hydrogen) atoms. The van der Waals surface area contributed by atoms with Gasteiger partial charge in [0.05, 0.1) is 0 Å². The van der Waals surface area contributed by atoms with E-state index in [1.807, 2.05) is 24.3 Å². The predicted octanol–water partition coefficient (Wildman–Crippen LogP) is 3.55. The minimum atomic E-state index is -0.442. The Bertz CT molecular complexity index is 577. The van der Waals surface area contributed by atoms with Crippen LogP contribution in [0, 0.1) is 5.92 Å². The monoisotopic (exact) mass is 345 g/mol. The highest BCUT2D eigenvalue weighted by Crippen LogP contribution is 2.28. The summed E-state index contributed by atoms with van der Waals surface area (Å²) < 4.78 is 0. The number of amides is 2. The Hall–Kier alpha value is -2.04. The fourth-order valence-corrected chi connectivity index (χ4v) is 3.71. The number of nitrogens with zero attached hydrogens (tertiary/aromatic N) is 1. The summed E-state index contributed by atoms with van der Waals surface area (Å²) >= 11 is 0. The molecule has 5 heteroatoms. The molecule has 0 saturated heterocycles. The van der Waals surface area contributed by atoms with Crippen molar-refractivity contribution in [2.75, 3.05) is 16.8 Å². The standard InChI is InChI=1S/C20H31N3O2/c1-5-23(14(2)3)18-12-10-17(11-13-18)22-20(25)19(21-15(4)24)16-8-6-7-9-16/h10-14,16,19H,5-9H2,1-4H3,(H,21,24)(H,22,25). The maximum Gasteiger partial charge on any atom is 0.247 e. The van der Waals surface area contributed by atoms with E-state index in [0.717, 1.165) is 43.6 Å². The summed E-state index contributed by atoms with van der Waals surface area (Å²) in [7, 11) is 0. The normalized spacial score (nSPS) is 15.9. The minimum absolute atomic E-state index is 0.119. The number of anilines is 2. The molecule has 138 valence electrons. The molecule has 1 aliphatic carbocycles. The van der Waals surface area contributed by atoms with Gasteiger partial charge in [-0.3, -0.25) is 9.59 Å². The molecule has 0 bridgehead atoms. The Balaban J connectivity index is 2.05. The third-order valence-electron chi connectivity index (χ3n) is 4.94. The Labute approximate surface area is 151 Å². The van der Waals surface area contributed by atoms with Crippen LogP contribution in [-0.2, 0) is 9.59 Å². The number of hydrogen-bond donors (Lipinski definition) is 2. The zero-order chi connectivity index (χ0) is 18.4. The van der Waals surface area contributed by atoms with Gasteiger partial charge in [-0.05, 0) is 63.8 Å². The zero-order valence-corrected chi connectivity index (χ0v) is 15.8. The summed E-state index contributed by atoms with van der Waals surface area (Å²) in [5.41, 5.74) is 1.91. The quantitative estimate of drug-likeness (QED) is 0.794. The lowest BCUT2D eigenvalue weighted by atomic mass is 9.97. The highest BCUT2D eigenvalue weighted by molar-refractivity contribution is 5.97. The van der Waals surface area contributed by atoms with E-state index < -0.39 is 6.04 Å². The fourth-order valence-electron chi connectivity index (χ4n) is 3.71. The second-order valence-electron chi connectivity index (χ2n) is 7.14. The first-order valence-electron chi connectivity index (χ1n) is 9.37. The number of rotatable bonds is 7. The molecule has 2 N–H and O–H groups in total. The van der Waals surface area contributed by atoms with Gasteiger partial charge >= 0.3 is 0 Å². The maximum atomic E-state index is 12.7. The van der Waals surface area contributed by atoms with Crippen LogP contribution in [-0.4, -0.2) is 30.4 Å². The number of benzene rings is 1. The van der Waals surface area contributed by atoms with E-state index in [9.17, 15) is 9.59 Å². The first kappa shape index (κ1) is 19.3.